The van der Waals surface area contributed by atoms with E-state index < -0.39 is 16.5 Å². The fourth-order valence-corrected chi connectivity index (χ4v) is 4.20. The minimum Gasteiger partial charge on any atom is -0.207 e. The summed E-state index contributed by atoms with van der Waals surface area (Å²) >= 11 is 7.69. The number of fused-ring (bicyclic) bond motifs is 1. The first kappa shape index (κ1) is 15.1. The predicted octanol–water partition coefficient (Wildman–Crippen LogP) is 6.57. The first-order valence-electron chi connectivity index (χ1n) is 5.93. The molecule has 0 spiro atoms. The van der Waals surface area contributed by atoms with Crippen LogP contribution in [0.5, 0.6) is 0 Å². The van der Waals surface area contributed by atoms with Crippen molar-refractivity contribution in [1.29, 1.82) is 0 Å². The van der Waals surface area contributed by atoms with E-state index in [2.05, 4.69) is 31.9 Å². The molecular weight excluding hydrogens is 429 g/mol. The Bertz CT molecular complexity index is 829. The van der Waals surface area contributed by atoms with Crippen molar-refractivity contribution >= 4 is 53.3 Å². The highest BCUT2D eigenvalue weighted by molar-refractivity contribution is 9.10. The molecule has 0 aliphatic carbocycles. The maximum atomic E-state index is 14.0. The topological polar surface area (TPSA) is 0 Å². The average molecular weight is 436 g/mol. The Balaban J connectivity index is 2.07. The van der Waals surface area contributed by atoms with Gasteiger partial charge in [-0.3, -0.25) is 0 Å². The molecule has 0 fully saturated rings. The number of hydrogen-bond donors (Lipinski definition) is 0. The minimum atomic E-state index is -0.525. The van der Waals surface area contributed by atoms with Crippen LogP contribution in [-0.2, 0) is 0 Å². The lowest BCUT2D eigenvalue weighted by Crippen LogP contribution is -1.96. The highest BCUT2D eigenvalue weighted by Gasteiger charge is 2.19. The Labute approximate surface area is 139 Å². The predicted molar refractivity (Wildman–Crippen MR) is 86.6 cm³/mol. The molecule has 108 valence electrons. The largest absolute Gasteiger partial charge is 0.207 e. The lowest BCUT2D eigenvalue weighted by atomic mass is 10.1. The SMILES string of the molecule is Fc1ccc2cc(C(Br)c3cc(F)c(Br)cc3F)sc2c1. The lowest BCUT2D eigenvalue weighted by molar-refractivity contribution is 0.583. The second kappa shape index (κ2) is 5.74. The fourth-order valence-electron chi connectivity index (χ4n) is 2.04. The Morgan fingerprint density at radius 2 is 1.71 bits per heavy atom. The second-order valence-electron chi connectivity index (χ2n) is 4.48. The molecule has 0 aliphatic heterocycles. The number of alkyl halides is 1. The monoisotopic (exact) mass is 434 g/mol. The number of rotatable bonds is 2. The standard InChI is InChI=1S/C15H7Br2F3S/c16-10-6-11(19)9(5-12(10)20)15(17)14-3-7-1-2-8(18)4-13(7)21-14/h1-6,15H. The number of benzene rings is 2. The van der Waals surface area contributed by atoms with E-state index in [4.69, 9.17) is 0 Å². The van der Waals surface area contributed by atoms with Gasteiger partial charge in [0.25, 0.3) is 0 Å². The molecule has 0 N–H and O–H groups in total. The maximum absolute atomic E-state index is 14.0. The normalized spacial score (nSPS) is 12.8. The summed E-state index contributed by atoms with van der Waals surface area (Å²) < 4.78 is 41.7. The summed E-state index contributed by atoms with van der Waals surface area (Å²) in [5.41, 5.74) is 0.211. The quantitative estimate of drug-likeness (QED) is 0.315. The van der Waals surface area contributed by atoms with Crippen molar-refractivity contribution < 1.29 is 13.2 Å². The van der Waals surface area contributed by atoms with Crippen LogP contribution >= 0.6 is 43.2 Å². The zero-order chi connectivity index (χ0) is 15.1. The molecule has 3 aromatic rings. The minimum absolute atomic E-state index is 0.0851. The zero-order valence-electron chi connectivity index (χ0n) is 10.3. The van der Waals surface area contributed by atoms with Gasteiger partial charge in [0.15, 0.2) is 0 Å². The molecule has 0 saturated carbocycles. The van der Waals surface area contributed by atoms with Gasteiger partial charge in [-0.2, -0.15) is 0 Å². The summed E-state index contributed by atoms with van der Waals surface area (Å²) in [5.74, 6) is -1.35. The molecule has 2 aromatic carbocycles. The summed E-state index contributed by atoms with van der Waals surface area (Å²) in [6, 6.07) is 8.58. The molecule has 3 rings (SSSR count). The Morgan fingerprint density at radius 3 is 2.48 bits per heavy atom. The number of halogens is 5. The van der Waals surface area contributed by atoms with E-state index in [1.54, 1.807) is 6.07 Å². The van der Waals surface area contributed by atoms with E-state index in [9.17, 15) is 13.2 Å². The molecule has 1 heterocycles. The van der Waals surface area contributed by atoms with Gasteiger partial charge in [-0.25, -0.2) is 13.2 Å². The van der Waals surface area contributed by atoms with Gasteiger partial charge in [-0.15, -0.1) is 11.3 Å². The summed E-state index contributed by atoms with van der Waals surface area (Å²) in [6.45, 7) is 0. The molecule has 0 saturated heterocycles. The van der Waals surface area contributed by atoms with Crippen LogP contribution in [0.2, 0.25) is 0 Å². The van der Waals surface area contributed by atoms with Gasteiger partial charge in [0, 0.05) is 15.1 Å². The van der Waals surface area contributed by atoms with Crippen molar-refractivity contribution in [3.05, 3.63) is 68.8 Å². The summed E-state index contributed by atoms with van der Waals surface area (Å²) in [4.78, 5) is 0.303. The van der Waals surface area contributed by atoms with Crippen LogP contribution in [0.4, 0.5) is 13.2 Å². The van der Waals surface area contributed by atoms with Crippen molar-refractivity contribution in [1.82, 2.24) is 0 Å². The van der Waals surface area contributed by atoms with Crippen molar-refractivity contribution in [3.63, 3.8) is 0 Å². The smallest absolute Gasteiger partial charge is 0.137 e. The van der Waals surface area contributed by atoms with Gasteiger partial charge in [-0.1, -0.05) is 22.0 Å². The van der Waals surface area contributed by atoms with Gasteiger partial charge >= 0.3 is 0 Å². The maximum Gasteiger partial charge on any atom is 0.137 e. The Hall–Kier alpha value is -0.850. The second-order valence-corrected chi connectivity index (χ2v) is 7.37. The lowest BCUT2D eigenvalue weighted by Gasteiger charge is -2.10. The van der Waals surface area contributed by atoms with Gasteiger partial charge in [0.2, 0.25) is 0 Å². The third-order valence-corrected chi connectivity index (χ3v) is 6.12. The van der Waals surface area contributed by atoms with Crippen molar-refractivity contribution in [2.75, 3.05) is 0 Å². The van der Waals surface area contributed by atoms with Gasteiger partial charge in [0.05, 0.1) is 9.30 Å². The van der Waals surface area contributed by atoms with E-state index in [1.165, 1.54) is 23.5 Å². The molecule has 6 heteroatoms. The van der Waals surface area contributed by atoms with Crippen LogP contribution in [0.25, 0.3) is 10.1 Å². The molecule has 0 aliphatic rings. The van der Waals surface area contributed by atoms with Crippen LogP contribution in [0.15, 0.2) is 40.9 Å². The van der Waals surface area contributed by atoms with E-state index in [0.29, 0.717) is 0 Å². The van der Waals surface area contributed by atoms with Gasteiger partial charge in [0.1, 0.15) is 17.5 Å². The molecule has 0 amide bonds. The van der Waals surface area contributed by atoms with E-state index in [0.717, 1.165) is 27.1 Å². The van der Waals surface area contributed by atoms with E-state index >= 15 is 0 Å². The van der Waals surface area contributed by atoms with Crippen molar-refractivity contribution in [2.45, 2.75) is 4.83 Å². The molecule has 1 atom stereocenters. The molecule has 1 unspecified atom stereocenters. The molecule has 0 bridgehead atoms. The number of thiophene rings is 1. The first-order chi connectivity index (χ1) is 9.95. The van der Waals surface area contributed by atoms with Crippen molar-refractivity contribution in [2.24, 2.45) is 0 Å². The zero-order valence-corrected chi connectivity index (χ0v) is 14.3. The van der Waals surface area contributed by atoms with Crippen LogP contribution in [0.3, 0.4) is 0 Å². The van der Waals surface area contributed by atoms with E-state index in [1.807, 2.05) is 6.07 Å². The third-order valence-electron chi connectivity index (χ3n) is 3.06. The number of hydrogen-bond acceptors (Lipinski definition) is 1. The van der Waals surface area contributed by atoms with Crippen LogP contribution in [-0.4, -0.2) is 0 Å². The van der Waals surface area contributed by atoms with Crippen LogP contribution < -0.4 is 0 Å². The molecule has 1 aromatic heterocycles. The molecule has 0 nitrogen and oxygen atoms in total. The van der Waals surface area contributed by atoms with Crippen molar-refractivity contribution in [3.8, 4) is 0 Å². The van der Waals surface area contributed by atoms with Crippen LogP contribution in [0.1, 0.15) is 15.3 Å². The third kappa shape index (κ3) is 2.89. The van der Waals surface area contributed by atoms with Gasteiger partial charge in [-0.05, 0) is 51.6 Å². The summed E-state index contributed by atoms with van der Waals surface area (Å²) in [5, 5.41) is 0.874. The summed E-state index contributed by atoms with van der Waals surface area (Å²) in [7, 11) is 0. The summed E-state index contributed by atoms with van der Waals surface area (Å²) in [6.07, 6.45) is 0. The van der Waals surface area contributed by atoms with E-state index in [-0.39, 0.29) is 15.9 Å². The molecular formula is C15H7Br2F3S. The first-order valence-corrected chi connectivity index (χ1v) is 8.46. The Kier molecular flexibility index (Phi) is 4.12. The van der Waals surface area contributed by atoms with Gasteiger partial charge < -0.3 is 0 Å². The highest BCUT2D eigenvalue weighted by Crippen LogP contribution is 2.40. The fraction of sp³-hybridized carbons (Fsp3) is 0.0667. The molecule has 21 heavy (non-hydrogen) atoms. The molecule has 0 radical (unpaired) electrons. The average Bonchev–Trinajstić information content (AvgIpc) is 2.85. The highest BCUT2D eigenvalue weighted by atomic mass is 79.9. The Morgan fingerprint density at radius 1 is 0.952 bits per heavy atom. The van der Waals surface area contributed by atoms with Crippen LogP contribution in [0, 0.1) is 17.5 Å².